The molecule has 148 valence electrons. The maximum absolute atomic E-state index is 13.9. The molecule has 0 bridgehead atoms. The van der Waals surface area contributed by atoms with E-state index in [1.165, 1.54) is 6.07 Å². The molecule has 9 heteroatoms. The van der Waals surface area contributed by atoms with Crippen LogP contribution in [0.4, 0.5) is 15.9 Å². The zero-order valence-corrected chi connectivity index (χ0v) is 15.9. The first kappa shape index (κ1) is 18.7. The van der Waals surface area contributed by atoms with Crippen molar-refractivity contribution in [3.8, 4) is 6.07 Å². The number of H-pyrrole nitrogens is 1. The van der Waals surface area contributed by atoms with Crippen LogP contribution in [0.15, 0.2) is 24.7 Å². The topological polar surface area (TPSA) is 124 Å². The lowest BCUT2D eigenvalue weighted by Gasteiger charge is -2.34. The summed E-state index contributed by atoms with van der Waals surface area (Å²) in [5, 5.41) is 13.4. The fourth-order valence-electron chi connectivity index (χ4n) is 3.78. The average Bonchev–Trinajstić information content (AvgIpc) is 3.10. The van der Waals surface area contributed by atoms with Gasteiger partial charge in [-0.3, -0.25) is 4.79 Å². The van der Waals surface area contributed by atoms with E-state index in [0.29, 0.717) is 31.5 Å². The molecule has 3 aromatic rings. The molecule has 4 heterocycles. The molecular weight excluding hydrogens is 373 g/mol. The summed E-state index contributed by atoms with van der Waals surface area (Å²) in [6.45, 7) is 3.29. The highest BCUT2D eigenvalue weighted by Crippen LogP contribution is 2.33. The minimum Gasteiger partial charge on any atom is -0.384 e. The number of nitriles is 1. The number of carbonyl (C=O) groups excluding carboxylic acids is 1. The number of aromatic nitrogens is 3. The fourth-order valence-corrected chi connectivity index (χ4v) is 3.78. The Morgan fingerprint density at radius 1 is 1.38 bits per heavy atom. The van der Waals surface area contributed by atoms with Crippen molar-refractivity contribution >= 4 is 28.4 Å². The Morgan fingerprint density at radius 2 is 2.14 bits per heavy atom. The highest BCUT2D eigenvalue weighted by molar-refractivity contribution is 5.96. The van der Waals surface area contributed by atoms with Crippen molar-refractivity contribution in [1.29, 1.82) is 5.26 Å². The molecule has 1 aliphatic heterocycles. The van der Waals surface area contributed by atoms with Gasteiger partial charge in [-0.15, -0.1) is 0 Å². The quantitative estimate of drug-likeness (QED) is 0.627. The van der Waals surface area contributed by atoms with E-state index >= 15 is 0 Å². The number of nitrogens with two attached hydrogens (primary N) is 1. The summed E-state index contributed by atoms with van der Waals surface area (Å²) in [6.07, 6.45) is 5.75. The van der Waals surface area contributed by atoms with Crippen LogP contribution in [0.25, 0.3) is 11.0 Å². The molecule has 29 heavy (non-hydrogen) atoms. The molecule has 0 unspecified atom stereocenters. The number of rotatable bonds is 3. The van der Waals surface area contributed by atoms with Crippen molar-refractivity contribution in [2.45, 2.75) is 25.8 Å². The monoisotopic (exact) mass is 393 g/mol. The summed E-state index contributed by atoms with van der Waals surface area (Å²) in [5.41, 5.74) is 8.62. The summed E-state index contributed by atoms with van der Waals surface area (Å²) in [6, 6.07) is 3.37. The van der Waals surface area contributed by atoms with Crippen LogP contribution in [-0.4, -0.2) is 40.0 Å². The van der Waals surface area contributed by atoms with Gasteiger partial charge in [0.15, 0.2) is 5.82 Å². The van der Waals surface area contributed by atoms with Crippen LogP contribution in [0.1, 0.15) is 34.3 Å². The predicted molar refractivity (Wildman–Crippen MR) is 107 cm³/mol. The van der Waals surface area contributed by atoms with Crippen LogP contribution >= 0.6 is 0 Å². The number of hydrogen-bond donors (Lipinski definition) is 3. The highest BCUT2D eigenvalue weighted by Gasteiger charge is 2.26. The molecule has 0 saturated carbocycles. The van der Waals surface area contributed by atoms with Gasteiger partial charge in [0, 0.05) is 36.9 Å². The lowest BCUT2D eigenvalue weighted by Crippen LogP contribution is -2.45. The van der Waals surface area contributed by atoms with Gasteiger partial charge < -0.3 is 20.9 Å². The zero-order valence-electron chi connectivity index (χ0n) is 15.9. The number of aromatic amines is 1. The number of aryl methyl sites for hydroxylation is 1. The summed E-state index contributed by atoms with van der Waals surface area (Å²) < 4.78 is 13.9. The molecule has 8 nitrogen and oxygen atoms in total. The molecule has 0 atom stereocenters. The Kier molecular flexibility index (Phi) is 4.76. The van der Waals surface area contributed by atoms with Crippen molar-refractivity contribution in [3.05, 3.63) is 47.2 Å². The third kappa shape index (κ3) is 3.45. The number of piperidine rings is 1. The van der Waals surface area contributed by atoms with Crippen LogP contribution < -0.4 is 16.0 Å². The molecule has 1 fully saturated rings. The van der Waals surface area contributed by atoms with Crippen LogP contribution in [0.3, 0.4) is 0 Å². The van der Waals surface area contributed by atoms with Gasteiger partial charge in [-0.05, 0) is 31.4 Å². The SMILES string of the molecule is Cc1c[nH]c2ncc(C#N)c(N3CCC(NC(=O)c4cc(N)ncc4F)CC3)c12. The van der Waals surface area contributed by atoms with Crippen LogP contribution in [0, 0.1) is 24.1 Å². The van der Waals surface area contributed by atoms with Crippen LogP contribution in [0.5, 0.6) is 0 Å². The summed E-state index contributed by atoms with van der Waals surface area (Å²) in [5.74, 6) is -1.10. The second-order valence-corrected chi connectivity index (χ2v) is 7.15. The maximum Gasteiger partial charge on any atom is 0.254 e. The van der Waals surface area contributed by atoms with E-state index < -0.39 is 11.7 Å². The van der Waals surface area contributed by atoms with E-state index in [9.17, 15) is 14.4 Å². The van der Waals surface area contributed by atoms with E-state index in [2.05, 4.69) is 31.2 Å². The van der Waals surface area contributed by atoms with Gasteiger partial charge in [0.05, 0.1) is 23.0 Å². The van der Waals surface area contributed by atoms with Gasteiger partial charge >= 0.3 is 0 Å². The van der Waals surface area contributed by atoms with Gasteiger partial charge in [0.1, 0.15) is 17.5 Å². The molecule has 1 amide bonds. The lowest BCUT2D eigenvalue weighted by atomic mass is 10.0. The molecule has 0 spiro atoms. The molecule has 0 aliphatic carbocycles. The molecule has 0 aromatic carbocycles. The van der Waals surface area contributed by atoms with Crippen molar-refractivity contribution in [2.75, 3.05) is 23.7 Å². The summed E-state index contributed by atoms with van der Waals surface area (Å²) in [4.78, 5) is 25.7. The normalized spacial score (nSPS) is 14.7. The number of nitrogens with zero attached hydrogens (tertiary/aromatic N) is 4. The fraction of sp³-hybridized carbons (Fsp3) is 0.300. The second kappa shape index (κ2) is 7.39. The van der Waals surface area contributed by atoms with Gasteiger partial charge in [0.2, 0.25) is 0 Å². The number of fused-ring (bicyclic) bond motifs is 1. The zero-order chi connectivity index (χ0) is 20.5. The number of nitrogen functional groups attached to an aromatic ring is 1. The van der Waals surface area contributed by atoms with Crippen molar-refractivity contribution in [1.82, 2.24) is 20.3 Å². The summed E-state index contributed by atoms with van der Waals surface area (Å²) >= 11 is 0. The first-order chi connectivity index (χ1) is 14.0. The maximum atomic E-state index is 13.9. The number of anilines is 2. The molecule has 4 N–H and O–H groups in total. The Balaban J connectivity index is 1.50. The number of halogens is 1. The molecule has 0 radical (unpaired) electrons. The standard InChI is InChI=1S/C20H20FN7O/c1-11-8-25-19-17(11)18(12(7-22)9-26-19)28-4-2-13(3-5-28)27-20(29)14-6-16(23)24-10-15(14)21/h6,8-10,13H,2-5H2,1H3,(H2,23,24)(H,25,26)(H,27,29). The van der Waals surface area contributed by atoms with Crippen molar-refractivity contribution in [2.24, 2.45) is 0 Å². The van der Waals surface area contributed by atoms with Gasteiger partial charge in [0.25, 0.3) is 5.91 Å². The van der Waals surface area contributed by atoms with Crippen LogP contribution in [-0.2, 0) is 0 Å². The van der Waals surface area contributed by atoms with Crippen LogP contribution in [0.2, 0.25) is 0 Å². The molecular formula is C20H20FN7O. The largest absolute Gasteiger partial charge is 0.384 e. The molecule has 1 saturated heterocycles. The van der Waals surface area contributed by atoms with Gasteiger partial charge in [-0.25, -0.2) is 14.4 Å². The van der Waals surface area contributed by atoms with E-state index in [0.717, 1.165) is 28.5 Å². The minimum absolute atomic E-state index is 0.0947. The Bertz CT molecular complexity index is 1130. The first-order valence-electron chi connectivity index (χ1n) is 9.31. The minimum atomic E-state index is -0.699. The molecule has 3 aromatic heterocycles. The van der Waals surface area contributed by atoms with E-state index in [1.807, 2.05) is 13.1 Å². The first-order valence-corrected chi connectivity index (χ1v) is 9.31. The molecule has 1 aliphatic rings. The number of nitrogens with one attached hydrogen (secondary N) is 2. The van der Waals surface area contributed by atoms with Gasteiger partial charge in [-0.1, -0.05) is 0 Å². The second-order valence-electron chi connectivity index (χ2n) is 7.15. The average molecular weight is 393 g/mol. The Hall–Kier alpha value is -3.67. The van der Waals surface area contributed by atoms with Crippen molar-refractivity contribution < 1.29 is 9.18 Å². The third-order valence-electron chi connectivity index (χ3n) is 5.26. The number of amides is 1. The predicted octanol–water partition coefficient (Wildman–Crippen LogP) is 2.26. The number of hydrogen-bond acceptors (Lipinski definition) is 6. The number of pyridine rings is 2. The third-order valence-corrected chi connectivity index (χ3v) is 5.26. The lowest BCUT2D eigenvalue weighted by molar-refractivity contribution is 0.0927. The number of carbonyl (C=O) groups is 1. The Labute approximate surface area is 166 Å². The summed E-state index contributed by atoms with van der Waals surface area (Å²) in [7, 11) is 0. The van der Waals surface area contributed by atoms with E-state index in [1.54, 1.807) is 6.20 Å². The van der Waals surface area contributed by atoms with E-state index in [4.69, 9.17) is 5.73 Å². The smallest absolute Gasteiger partial charge is 0.254 e. The Morgan fingerprint density at radius 3 is 2.86 bits per heavy atom. The molecule has 4 rings (SSSR count). The van der Waals surface area contributed by atoms with Gasteiger partial charge in [-0.2, -0.15) is 5.26 Å². The highest BCUT2D eigenvalue weighted by atomic mass is 19.1. The van der Waals surface area contributed by atoms with E-state index in [-0.39, 0.29) is 17.4 Å². The van der Waals surface area contributed by atoms with Crippen molar-refractivity contribution in [3.63, 3.8) is 0 Å².